The van der Waals surface area contributed by atoms with E-state index in [0.29, 0.717) is 0 Å². The fourth-order valence-corrected chi connectivity index (χ4v) is 4.88. The van der Waals surface area contributed by atoms with Crippen molar-refractivity contribution in [2.24, 2.45) is 5.11 Å². The Kier molecular flexibility index (Phi) is 10.3. The number of amides is 1. The van der Waals surface area contributed by atoms with Gasteiger partial charge in [0.05, 0.1) is 16.7 Å². The van der Waals surface area contributed by atoms with Crippen molar-refractivity contribution in [3.63, 3.8) is 0 Å². The number of allylic oxidation sites excluding steroid dienone is 1. The van der Waals surface area contributed by atoms with E-state index in [9.17, 15) is 29.5 Å². The third kappa shape index (κ3) is 7.29. The average molecular weight is 627 g/mol. The van der Waals surface area contributed by atoms with E-state index in [1.807, 2.05) is 0 Å². The molecule has 0 bridgehead atoms. The Morgan fingerprint density at radius 3 is 1.70 bits per heavy atom. The van der Waals surface area contributed by atoms with E-state index in [-0.39, 0.29) is 16.7 Å². The summed E-state index contributed by atoms with van der Waals surface area (Å²) in [7, 11) is 0. The minimum Gasteiger partial charge on any atom is -0.459 e. The first-order chi connectivity index (χ1) is 22.0. The Balaban J connectivity index is 1.88. The molecule has 236 valence electrons. The van der Waals surface area contributed by atoms with Gasteiger partial charge in [-0.2, -0.15) is 0 Å². The maximum absolute atomic E-state index is 13.5. The van der Waals surface area contributed by atoms with Crippen LogP contribution in [0, 0.1) is 0 Å². The molecule has 1 aliphatic heterocycles. The zero-order chi connectivity index (χ0) is 33.3. The van der Waals surface area contributed by atoms with Crippen molar-refractivity contribution in [2.45, 2.75) is 44.4 Å². The molecular formula is C33H30N4O9. The molecule has 4 atom stereocenters. The van der Waals surface area contributed by atoms with Crippen LogP contribution in [-0.2, 0) is 28.5 Å². The number of hydrogen-bond donors (Lipinski definition) is 0. The lowest BCUT2D eigenvalue weighted by atomic mass is 9.98. The number of azide groups is 1. The molecular weight excluding hydrogens is 596 g/mol. The van der Waals surface area contributed by atoms with Crippen LogP contribution >= 0.6 is 0 Å². The van der Waals surface area contributed by atoms with E-state index in [4.69, 9.17) is 18.9 Å². The zero-order valence-corrected chi connectivity index (χ0v) is 25.1. The molecule has 46 heavy (non-hydrogen) atoms. The van der Waals surface area contributed by atoms with Crippen LogP contribution in [0.1, 0.15) is 51.8 Å². The number of rotatable bonds is 11. The summed E-state index contributed by atoms with van der Waals surface area (Å²) in [6.07, 6.45) is -1.34. The zero-order valence-electron chi connectivity index (χ0n) is 25.1. The quantitative estimate of drug-likeness (QED) is 0.0708. The minimum absolute atomic E-state index is 0.0836. The van der Waals surface area contributed by atoms with Gasteiger partial charge in [-0.3, -0.25) is 14.5 Å². The summed E-state index contributed by atoms with van der Waals surface area (Å²) >= 11 is 0. The number of carbonyl (C=O) groups excluding carboxylic acids is 5. The van der Waals surface area contributed by atoms with Gasteiger partial charge in [0.25, 0.3) is 0 Å². The Morgan fingerprint density at radius 2 is 1.26 bits per heavy atom. The van der Waals surface area contributed by atoms with Gasteiger partial charge in [-0.1, -0.05) is 59.7 Å². The molecule has 1 aliphatic rings. The van der Waals surface area contributed by atoms with Crippen molar-refractivity contribution in [1.29, 1.82) is 0 Å². The highest BCUT2D eigenvalue weighted by Crippen LogP contribution is 2.46. The van der Waals surface area contributed by atoms with Gasteiger partial charge in [0.1, 0.15) is 6.61 Å². The average Bonchev–Trinajstić information content (AvgIpc) is 3.27. The highest BCUT2D eigenvalue weighted by atomic mass is 16.7. The van der Waals surface area contributed by atoms with Crippen LogP contribution in [-0.4, -0.2) is 64.8 Å². The van der Waals surface area contributed by atoms with E-state index < -0.39 is 59.9 Å². The number of benzene rings is 3. The second kappa shape index (κ2) is 14.3. The van der Waals surface area contributed by atoms with Gasteiger partial charge >= 0.3 is 17.9 Å². The lowest BCUT2D eigenvalue weighted by Crippen LogP contribution is -2.56. The summed E-state index contributed by atoms with van der Waals surface area (Å²) in [5.41, 5.74) is 5.58. The van der Waals surface area contributed by atoms with E-state index in [1.54, 1.807) is 54.6 Å². The van der Waals surface area contributed by atoms with Crippen molar-refractivity contribution >= 4 is 29.6 Å². The first-order valence-corrected chi connectivity index (χ1v) is 14.0. The molecule has 0 unspecified atom stereocenters. The Morgan fingerprint density at radius 1 is 0.804 bits per heavy atom. The molecule has 0 spiro atoms. The lowest BCUT2D eigenvalue weighted by molar-refractivity contribution is -0.197. The van der Waals surface area contributed by atoms with Crippen LogP contribution in [0.15, 0.2) is 108 Å². The molecule has 3 aromatic carbocycles. The predicted octanol–water partition coefficient (Wildman–Crippen LogP) is 5.00. The smallest absolute Gasteiger partial charge is 0.338 e. The van der Waals surface area contributed by atoms with Gasteiger partial charge in [0.15, 0.2) is 23.7 Å². The van der Waals surface area contributed by atoms with E-state index >= 15 is 0 Å². The molecule has 4 rings (SSSR count). The molecule has 1 amide bonds. The number of hydrogen-bond acceptors (Lipinski definition) is 10. The molecule has 13 nitrogen and oxygen atoms in total. The van der Waals surface area contributed by atoms with E-state index in [1.165, 1.54) is 50.2 Å². The van der Waals surface area contributed by atoms with Crippen molar-refractivity contribution in [3.05, 3.63) is 130 Å². The van der Waals surface area contributed by atoms with Gasteiger partial charge in [0, 0.05) is 18.0 Å². The first-order valence-electron chi connectivity index (χ1n) is 14.0. The summed E-state index contributed by atoms with van der Waals surface area (Å²) in [4.78, 5) is 68.8. The van der Waals surface area contributed by atoms with Crippen LogP contribution in [0.4, 0.5) is 0 Å². The number of nitrogens with zero attached hydrogens (tertiary/aromatic N) is 4. The molecule has 0 aromatic heterocycles. The summed E-state index contributed by atoms with van der Waals surface area (Å²) in [6, 6.07) is 23.5. The molecule has 0 radical (unpaired) electrons. The second-order valence-electron chi connectivity index (χ2n) is 10.3. The molecule has 3 aromatic rings. The van der Waals surface area contributed by atoms with Gasteiger partial charge in [-0.05, 0) is 61.9 Å². The Labute approximate surface area is 263 Å². The van der Waals surface area contributed by atoms with Crippen LogP contribution in [0.3, 0.4) is 0 Å². The number of ether oxygens (including phenoxy) is 4. The minimum atomic E-state index is -2.39. The first kappa shape index (κ1) is 33.1. The molecule has 1 heterocycles. The largest absolute Gasteiger partial charge is 0.459 e. The molecule has 1 saturated heterocycles. The van der Waals surface area contributed by atoms with Crippen LogP contribution in [0.5, 0.6) is 0 Å². The number of carbonyl (C=O) groups is 5. The standard InChI is InChI=1S/C33H30N4O9/c1-22(38)19-20-37(23(2)39)32(3)27(44-30(41)25-15-9-5-10-16-25)28(45-31(42)26-17-11-6-12-18-26)33(46-32,35-36-34)21-43-29(40)24-13-7-4-8-14-24/h4-20,27-28H,21H2,1-3H3/b20-19-/t27-,28+,32-,33-/m1/s1. The van der Waals surface area contributed by atoms with Gasteiger partial charge < -0.3 is 18.9 Å². The highest BCUT2D eigenvalue weighted by molar-refractivity contribution is 5.91. The summed E-state index contributed by atoms with van der Waals surface area (Å²) in [5, 5.41) is 3.80. The lowest BCUT2D eigenvalue weighted by Gasteiger charge is -2.38. The fraction of sp³-hybridized carbons (Fsp3) is 0.242. The Hall–Kier alpha value is -5.78. The van der Waals surface area contributed by atoms with E-state index in [0.717, 1.165) is 24.1 Å². The van der Waals surface area contributed by atoms with E-state index in [2.05, 4.69) is 10.0 Å². The topological polar surface area (TPSA) is 174 Å². The SMILES string of the molecule is CC(=O)/C=C\N(C(C)=O)[C@]1(C)O[C@@](COC(=O)c2ccccc2)(N=[N+]=[N-])[C@@H](OC(=O)c2ccccc2)[C@H]1OC(=O)c1ccccc1. The maximum Gasteiger partial charge on any atom is 0.338 e. The summed E-state index contributed by atoms with van der Waals surface area (Å²) in [5.74, 6) is -3.79. The molecule has 1 fully saturated rings. The second-order valence-corrected chi connectivity index (χ2v) is 10.3. The fourth-order valence-electron chi connectivity index (χ4n) is 4.88. The van der Waals surface area contributed by atoms with Crippen molar-refractivity contribution in [2.75, 3.05) is 6.61 Å². The molecule has 0 saturated carbocycles. The van der Waals surface area contributed by atoms with Gasteiger partial charge in [0.2, 0.25) is 11.6 Å². The van der Waals surface area contributed by atoms with Crippen LogP contribution in [0.2, 0.25) is 0 Å². The maximum atomic E-state index is 13.5. The summed E-state index contributed by atoms with van der Waals surface area (Å²) in [6.45, 7) is 2.88. The molecule has 0 N–H and O–H groups in total. The highest BCUT2D eigenvalue weighted by Gasteiger charge is 2.68. The van der Waals surface area contributed by atoms with Crippen molar-refractivity contribution in [3.8, 4) is 0 Å². The monoisotopic (exact) mass is 626 g/mol. The number of ketones is 1. The van der Waals surface area contributed by atoms with Gasteiger partial charge in [-0.25, -0.2) is 14.4 Å². The van der Waals surface area contributed by atoms with Crippen LogP contribution < -0.4 is 0 Å². The molecule has 13 heteroatoms. The van der Waals surface area contributed by atoms with Crippen molar-refractivity contribution in [1.82, 2.24) is 4.90 Å². The Bertz CT molecular complexity index is 1680. The third-order valence-corrected chi connectivity index (χ3v) is 7.03. The number of esters is 3. The summed E-state index contributed by atoms with van der Waals surface area (Å²) < 4.78 is 23.6. The normalized spacial score (nSPS) is 21.9. The van der Waals surface area contributed by atoms with Gasteiger partial charge in [-0.15, -0.1) is 0 Å². The third-order valence-electron chi connectivity index (χ3n) is 7.03. The van der Waals surface area contributed by atoms with Crippen LogP contribution in [0.25, 0.3) is 10.4 Å². The molecule has 0 aliphatic carbocycles. The van der Waals surface area contributed by atoms with Crippen molar-refractivity contribution < 1.29 is 42.9 Å². The predicted molar refractivity (Wildman–Crippen MR) is 162 cm³/mol.